The van der Waals surface area contributed by atoms with Crippen LogP contribution in [-0.2, 0) is 15.0 Å². The van der Waals surface area contributed by atoms with Crippen LogP contribution in [0.2, 0.25) is 0 Å². The molecule has 0 aromatic heterocycles. The largest absolute Gasteiger partial charge is 0.339 e. The second-order valence-electron chi connectivity index (χ2n) is 3.16. The molecule has 15 heavy (non-hydrogen) atoms. The fourth-order valence-corrected chi connectivity index (χ4v) is 1.71. The van der Waals surface area contributed by atoms with Crippen LogP contribution in [0.15, 0.2) is 0 Å². The lowest BCUT2D eigenvalue weighted by Crippen LogP contribution is -2.50. The summed E-state index contributed by atoms with van der Waals surface area (Å²) >= 11 is 0. The van der Waals surface area contributed by atoms with Gasteiger partial charge in [0, 0.05) is 33.2 Å². The third kappa shape index (κ3) is 4.12. The van der Waals surface area contributed by atoms with Gasteiger partial charge in [-0.05, 0) is 0 Å². The molecule has 0 unspecified atom stereocenters. The molecule has 0 aliphatic carbocycles. The van der Waals surface area contributed by atoms with Gasteiger partial charge in [-0.3, -0.25) is 4.79 Å². The molecule has 0 saturated carbocycles. The molecule has 1 fully saturated rings. The van der Waals surface area contributed by atoms with Crippen LogP contribution >= 0.6 is 0 Å². The smallest absolute Gasteiger partial charge is 0.277 e. The number of rotatable bonds is 4. The Labute approximate surface area is 89.4 Å². The van der Waals surface area contributed by atoms with Crippen molar-refractivity contribution in [2.75, 3.05) is 39.8 Å². The number of carbonyl (C=O) groups excluding carboxylic acids is 1. The lowest BCUT2D eigenvalue weighted by Gasteiger charge is -2.27. The second kappa shape index (κ2) is 5.40. The number of nitrogens with one attached hydrogen (secondary N) is 3. The Morgan fingerprint density at radius 1 is 1.40 bits per heavy atom. The zero-order chi connectivity index (χ0) is 11.3. The molecule has 1 aliphatic rings. The van der Waals surface area contributed by atoms with E-state index >= 15 is 0 Å². The van der Waals surface area contributed by atoms with Crippen LogP contribution in [0.3, 0.4) is 0 Å². The highest BCUT2D eigenvalue weighted by molar-refractivity contribution is 7.87. The lowest BCUT2D eigenvalue weighted by molar-refractivity contribution is -0.130. The second-order valence-corrected chi connectivity index (χ2v) is 4.86. The summed E-state index contributed by atoms with van der Waals surface area (Å²) in [6.07, 6.45) is 0. The van der Waals surface area contributed by atoms with Gasteiger partial charge in [0.05, 0.1) is 6.54 Å². The maximum absolute atomic E-state index is 11.5. The summed E-state index contributed by atoms with van der Waals surface area (Å²) < 4.78 is 26.2. The normalized spacial score (nSPS) is 17.8. The zero-order valence-corrected chi connectivity index (χ0v) is 9.43. The molecule has 7 nitrogen and oxygen atoms in total. The molecule has 1 rings (SSSR count). The third-order valence-corrected chi connectivity index (χ3v) is 3.21. The van der Waals surface area contributed by atoms with E-state index in [0.29, 0.717) is 13.1 Å². The van der Waals surface area contributed by atoms with Crippen molar-refractivity contribution >= 4 is 16.1 Å². The molecule has 8 heteroatoms. The van der Waals surface area contributed by atoms with E-state index < -0.39 is 10.2 Å². The van der Waals surface area contributed by atoms with E-state index in [1.807, 2.05) is 0 Å². The van der Waals surface area contributed by atoms with Crippen molar-refractivity contribution in [3.05, 3.63) is 0 Å². The molecule has 0 atom stereocenters. The van der Waals surface area contributed by atoms with E-state index in [9.17, 15) is 13.2 Å². The quantitative estimate of drug-likeness (QED) is 0.502. The lowest BCUT2D eigenvalue weighted by atomic mass is 10.3. The first-order valence-corrected chi connectivity index (χ1v) is 6.20. The Hall–Kier alpha value is -0.700. The van der Waals surface area contributed by atoms with E-state index in [-0.39, 0.29) is 12.5 Å². The summed E-state index contributed by atoms with van der Waals surface area (Å²) in [5.74, 6) is -0.199. The fourth-order valence-electron chi connectivity index (χ4n) is 1.25. The average molecular weight is 236 g/mol. The molecule has 0 spiro atoms. The molecule has 1 amide bonds. The van der Waals surface area contributed by atoms with Crippen LogP contribution in [0, 0.1) is 0 Å². The molecule has 3 N–H and O–H groups in total. The first kappa shape index (κ1) is 12.4. The van der Waals surface area contributed by atoms with Crippen LogP contribution in [0.1, 0.15) is 0 Å². The zero-order valence-electron chi connectivity index (χ0n) is 8.62. The molecular formula is C7H16N4O3S. The molecular weight excluding hydrogens is 220 g/mol. The number of hydrogen-bond donors (Lipinski definition) is 3. The van der Waals surface area contributed by atoms with Gasteiger partial charge in [0.1, 0.15) is 0 Å². The Morgan fingerprint density at radius 3 is 2.53 bits per heavy atom. The van der Waals surface area contributed by atoms with Gasteiger partial charge in [-0.2, -0.15) is 13.1 Å². The van der Waals surface area contributed by atoms with Crippen LogP contribution in [0.4, 0.5) is 0 Å². The summed E-state index contributed by atoms with van der Waals surface area (Å²) in [5, 5.41) is 3.11. The molecule has 0 radical (unpaired) electrons. The first-order chi connectivity index (χ1) is 7.05. The van der Waals surface area contributed by atoms with Gasteiger partial charge in [0.2, 0.25) is 5.91 Å². The van der Waals surface area contributed by atoms with Gasteiger partial charge in [0.15, 0.2) is 0 Å². The predicted octanol–water partition coefficient (Wildman–Crippen LogP) is -2.53. The summed E-state index contributed by atoms with van der Waals surface area (Å²) in [7, 11) is -2.23. The van der Waals surface area contributed by atoms with E-state index in [0.717, 1.165) is 13.1 Å². The molecule has 0 aromatic carbocycles. The minimum Gasteiger partial charge on any atom is -0.339 e. The van der Waals surface area contributed by atoms with Crippen LogP contribution < -0.4 is 14.8 Å². The van der Waals surface area contributed by atoms with E-state index in [1.165, 1.54) is 7.05 Å². The Kier molecular flexibility index (Phi) is 4.45. The molecule has 1 heterocycles. The topological polar surface area (TPSA) is 90.5 Å². The van der Waals surface area contributed by atoms with Gasteiger partial charge in [-0.25, -0.2) is 4.72 Å². The Bertz CT molecular complexity index is 310. The van der Waals surface area contributed by atoms with Crippen LogP contribution in [0.25, 0.3) is 0 Å². The monoisotopic (exact) mass is 236 g/mol. The highest BCUT2D eigenvalue weighted by Gasteiger charge is 2.17. The van der Waals surface area contributed by atoms with Crippen LogP contribution in [-0.4, -0.2) is 59.0 Å². The number of piperazine rings is 1. The van der Waals surface area contributed by atoms with Gasteiger partial charge in [0.25, 0.3) is 10.2 Å². The Balaban J connectivity index is 2.35. The van der Waals surface area contributed by atoms with Crippen molar-refractivity contribution in [1.82, 2.24) is 19.7 Å². The third-order valence-electron chi connectivity index (χ3n) is 2.15. The summed E-state index contributed by atoms with van der Waals surface area (Å²) in [6, 6.07) is 0. The van der Waals surface area contributed by atoms with Crippen molar-refractivity contribution < 1.29 is 13.2 Å². The van der Waals surface area contributed by atoms with Gasteiger partial charge in [-0.1, -0.05) is 0 Å². The first-order valence-electron chi connectivity index (χ1n) is 4.72. The van der Waals surface area contributed by atoms with Crippen molar-refractivity contribution in [2.24, 2.45) is 0 Å². The van der Waals surface area contributed by atoms with E-state index in [2.05, 4.69) is 14.8 Å². The Morgan fingerprint density at radius 2 is 2.00 bits per heavy atom. The molecule has 1 saturated heterocycles. The fraction of sp³-hybridized carbons (Fsp3) is 0.857. The van der Waals surface area contributed by atoms with Gasteiger partial charge >= 0.3 is 0 Å². The van der Waals surface area contributed by atoms with Crippen molar-refractivity contribution in [1.29, 1.82) is 0 Å². The van der Waals surface area contributed by atoms with Crippen molar-refractivity contribution in [3.63, 3.8) is 0 Å². The van der Waals surface area contributed by atoms with E-state index in [4.69, 9.17) is 0 Å². The SMILES string of the molecule is CNS(=O)(=O)NCC(=O)N1CCNCC1. The van der Waals surface area contributed by atoms with Gasteiger partial charge < -0.3 is 10.2 Å². The standard InChI is InChI=1S/C7H16N4O3S/c1-8-15(13,14)10-6-7(12)11-4-2-9-3-5-11/h8-10H,2-6H2,1H3. The van der Waals surface area contributed by atoms with Gasteiger partial charge in [-0.15, -0.1) is 0 Å². The summed E-state index contributed by atoms with van der Waals surface area (Å²) in [6.45, 7) is 2.57. The maximum atomic E-state index is 11.5. The number of hydrogen-bond acceptors (Lipinski definition) is 4. The highest BCUT2D eigenvalue weighted by Crippen LogP contribution is 1.92. The summed E-state index contributed by atoms with van der Waals surface area (Å²) in [5.41, 5.74) is 0. The maximum Gasteiger partial charge on any atom is 0.277 e. The molecule has 88 valence electrons. The molecule has 0 aromatic rings. The predicted molar refractivity (Wildman–Crippen MR) is 55.4 cm³/mol. The average Bonchev–Trinajstić information content (AvgIpc) is 2.27. The molecule has 1 aliphatic heterocycles. The number of nitrogens with zero attached hydrogens (tertiary/aromatic N) is 1. The van der Waals surface area contributed by atoms with Crippen molar-refractivity contribution in [2.45, 2.75) is 0 Å². The molecule has 0 bridgehead atoms. The number of amides is 1. The minimum atomic E-state index is -3.52. The van der Waals surface area contributed by atoms with E-state index in [1.54, 1.807) is 4.90 Å². The van der Waals surface area contributed by atoms with Crippen molar-refractivity contribution in [3.8, 4) is 0 Å². The highest BCUT2D eigenvalue weighted by atomic mass is 32.2. The minimum absolute atomic E-state index is 0.191. The number of carbonyl (C=O) groups is 1. The van der Waals surface area contributed by atoms with Crippen LogP contribution in [0.5, 0.6) is 0 Å². The summed E-state index contributed by atoms with van der Waals surface area (Å²) in [4.78, 5) is 13.1.